The molecule has 2 aromatic rings. The Balaban J connectivity index is 1.36. The van der Waals surface area contributed by atoms with E-state index >= 15 is 0 Å². The van der Waals surface area contributed by atoms with Gasteiger partial charge in [-0.05, 0) is 68.1 Å². The highest BCUT2D eigenvalue weighted by molar-refractivity contribution is 7.89. The predicted octanol–water partition coefficient (Wildman–Crippen LogP) is 2.67. The topological polar surface area (TPSA) is 69.7 Å². The van der Waals surface area contributed by atoms with Crippen molar-refractivity contribution < 1.29 is 13.2 Å². The number of hydrogen-bond donors (Lipinski definition) is 1. The number of anilines is 1. The molecule has 0 bridgehead atoms. The number of sulfonamides is 1. The molecular formula is C23H29N3O3S. The van der Waals surface area contributed by atoms with Crippen molar-refractivity contribution in [3.63, 3.8) is 0 Å². The average Bonchev–Trinajstić information content (AvgIpc) is 2.91. The minimum Gasteiger partial charge on any atom is -0.314 e. The molecule has 4 rings (SSSR count). The first-order chi connectivity index (χ1) is 14.2. The number of benzene rings is 2. The molecule has 0 fully saturated rings. The van der Waals surface area contributed by atoms with E-state index in [1.54, 1.807) is 30.1 Å². The Hall–Kier alpha value is -2.22. The highest BCUT2D eigenvalue weighted by atomic mass is 32.2. The molecule has 160 valence electrons. The third-order valence-corrected chi connectivity index (χ3v) is 7.76. The first-order valence-corrected chi connectivity index (χ1v) is 11.9. The summed E-state index contributed by atoms with van der Waals surface area (Å²) in [5, 5.41) is 0. The number of likely N-dealkylation sites (N-methyl/N-ethyl adjacent to an activating group) is 1. The van der Waals surface area contributed by atoms with Gasteiger partial charge in [0.1, 0.15) is 0 Å². The van der Waals surface area contributed by atoms with E-state index in [0.717, 1.165) is 43.7 Å². The van der Waals surface area contributed by atoms with E-state index in [0.29, 0.717) is 6.54 Å². The Morgan fingerprint density at radius 2 is 1.83 bits per heavy atom. The lowest BCUT2D eigenvalue weighted by Crippen LogP contribution is -2.34. The van der Waals surface area contributed by atoms with E-state index in [2.05, 4.69) is 33.9 Å². The second-order valence-electron chi connectivity index (χ2n) is 8.71. The van der Waals surface area contributed by atoms with Gasteiger partial charge in [0.05, 0.1) is 10.3 Å². The molecular weight excluding hydrogens is 398 g/mol. The highest BCUT2D eigenvalue weighted by Crippen LogP contribution is 2.41. The number of nitrogens with zero attached hydrogens (tertiary/aromatic N) is 2. The van der Waals surface area contributed by atoms with E-state index in [1.807, 2.05) is 13.8 Å². The summed E-state index contributed by atoms with van der Waals surface area (Å²) in [5.41, 5.74) is 3.59. The first kappa shape index (κ1) is 21.0. The third kappa shape index (κ3) is 3.77. The fraction of sp³-hybridized carbons (Fsp3) is 0.435. The molecule has 0 aliphatic carbocycles. The molecule has 7 heteroatoms. The lowest BCUT2D eigenvalue weighted by molar-refractivity contribution is -0.121. The zero-order valence-corrected chi connectivity index (χ0v) is 18.6. The molecule has 2 aromatic carbocycles. The molecule has 0 spiro atoms. The summed E-state index contributed by atoms with van der Waals surface area (Å²) in [7, 11) is -1.89. The fourth-order valence-electron chi connectivity index (χ4n) is 4.46. The van der Waals surface area contributed by atoms with E-state index in [1.165, 1.54) is 11.1 Å². The van der Waals surface area contributed by atoms with Gasteiger partial charge in [0.15, 0.2) is 0 Å². The van der Waals surface area contributed by atoms with E-state index < -0.39 is 15.4 Å². The van der Waals surface area contributed by atoms with Crippen molar-refractivity contribution in [2.24, 2.45) is 0 Å². The number of rotatable bonds is 6. The number of hydrogen-bond acceptors (Lipinski definition) is 4. The van der Waals surface area contributed by atoms with Crippen LogP contribution >= 0.6 is 0 Å². The largest absolute Gasteiger partial charge is 0.314 e. The fourth-order valence-corrected chi connectivity index (χ4v) is 5.56. The number of fused-ring (bicyclic) bond motifs is 2. The van der Waals surface area contributed by atoms with Crippen molar-refractivity contribution in [1.29, 1.82) is 0 Å². The summed E-state index contributed by atoms with van der Waals surface area (Å²) in [4.78, 5) is 16.6. The molecule has 0 aromatic heterocycles. The van der Waals surface area contributed by atoms with Gasteiger partial charge in [0.2, 0.25) is 15.9 Å². The van der Waals surface area contributed by atoms with Crippen molar-refractivity contribution in [3.05, 3.63) is 59.2 Å². The lowest BCUT2D eigenvalue weighted by atomic mass is 9.86. The minimum absolute atomic E-state index is 0.0249. The highest BCUT2D eigenvalue weighted by Gasteiger charge is 2.42. The Morgan fingerprint density at radius 1 is 1.10 bits per heavy atom. The maximum atomic E-state index is 12.8. The molecule has 0 unspecified atom stereocenters. The molecule has 30 heavy (non-hydrogen) atoms. The molecule has 0 saturated carbocycles. The molecule has 0 atom stereocenters. The smallest absolute Gasteiger partial charge is 0.240 e. The van der Waals surface area contributed by atoms with E-state index in [-0.39, 0.29) is 10.8 Å². The van der Waals surface area contributed by atoms with Crippen molar-refractivity contribution in [2.75, 3.05) is 31.6 Å². The molecule has 0 saturated heterocycles. The predicted molar refractivity (Wildman–Crippen MR) is 118 cm³/mol. The summed E-state index contributed by atoms with van der Waals surface area (Å²) < 4.78 is 28.3. The lowest BCUT2D eigenvalue weighted by Gasteiger charge is -2.28. The zero-order valence-electron chi connectivity index (χ0n) is 17.8. The van der Waals surface area contributed by atoms with Crippen LogP contribution in [-0.4, -0.2) is 45.9 Å². The standard InChI is InChI=1S/C23H29N3O3S/c1-23(2)20-15-19(9-10-21(20)25(3)22(23)27)30(28,29)24-12-6-13-26-14-11-17-7-4-5-8-18(17)16-26/h4-5,7-10,15,24H,6,11-14,16H2,1-3H3. The summed E-state index contributed by atoms with van der Waals surface area (Å²) >= 11 is 0. The van der Waals surface area contributed by atoms with Crippen LogP contribution in [0, 0.1) is 0 Å². The summed E-state index contributed by atoms with van der Waals surface area (Å²) in [6.45, 7) is 6.83. The van der Waals surface area contributed by atoms with Gasteiger partial charge in [-0.15, -0.1) is 0 Å². The van der Waals surface area contributed by atoms with Crippen LogP contribution in [0.3, 0.4) is 0 Å². The van der Waals surface area contributed by atoms with E-state index in [4.69, 9.17) is 0 Å². The number of carbonyl (C=O) groups is 1. The Bertz CT molecular complexity index is 1080. The Morgan fingerprint density at radius 3 is 2.60 bits per heavy atom. The third-order valence-electron chi connectivity index (χ3n) is 6.31. The van der Waals surface area contributed by atoms with Gasteiger partial charge in [-0.1, -0.05) is 24.3 Å². The van der Waals surface area contributed by atoms with Gasteiger partial charge in [0, 0.05) is 32.4 Å². The summed E-state index contributed by atoms with van der Waals surface area (Å²) in [5.74, 6) is -0.0249. The Labute approximate surface area is 178 Å². The van der Waals surface area contributed by atoms with Crippen LogP contribution in [0.15, 0.2) is 47.4 Å². The average molecular weight is 428 g/mol. The quantitative estimate of drug-likeness (QED) is 0.720. The molecule has 6 nitrogen and oxygen atoms in total. The van der Waals surface area contributed by atoms with Gasteiger partial charge in [-0.3, -0.25) is 9.69 Å². The van der Waals surface area contributed by atoms with Crippen LogP contribution in [0.2, 0.25) is 0 Å². The van der Waals surface area contributed by atoms with Crippen molar-refractivity contribution >= 4 is 21.6 Å². The molecule has 1 amide bonds. The Kier molecular flexibility index (Phi) is 5.46. The number of amides is 1. The van der Waals surface area contributed by atoms with Crippen LogP contribution in [0.4, 0.5) is 5.69 Å². The van der Waals surface area contributed by atoms with Crippen LogP contribution in [-0.2, 0) is 33.2 Å². The second-order valence-corrected chi connectivity index (χ2v) is 10.5. The van der Waals surface area contributed by atoms with Gasteiger partial charge < -0.3 is 4.90 Å². The van der Waals surface area contributed by atoms with Gasteiger partial charge in [0.25, 0.3) is 0 Å². The second kappa shape index (κ2) is 7.80. The van der Waals surface area contributed by atoms with Crippen molar-refractivity contribution in [1.82, 2.24) is 9.62 Å². The number of nitrogens with one attached hydrogen (secondary N) is 1. The molecule has 0 radical (unpaired) electrons. The SMILES string of the molecule is CN1C(=O)C(C)(C)c2cc(S(=O)(=O)NCCCN3CCc4ccccc4C3)ccc21. The molecule has 2 aliphatic heterocycles. The van der Waals surface area contributed by atoms with Gasteiger partial charge >= 0.3 is 0 Å². The van der Waals surface area contributed by atoms with Crippen LogP contribution in [0.25, 0.3) is 0 Å². The monoisotopic (exact) mass is 427 g/mol. The van der Waals surface area contributed by atoms with E-state index in [9.17, 15) is 13.2 Å². The molecule has 2 aliphatic rings. The van der Waals surface area contributed by atoms with Gasteiger partial charge in [-0.2, -0.15) is 0 Å². The normalized spacial score (nSPS) is 18.4. The van der Waals surface area contributed by atoms with Crippen LogP contribution < -0.4 is 9.62 Å². The maximum Gasteiger partial charge on any atom is 0.240 e. The van der Waals surface area contributed by atoms with Gasteiger partial charge in [-0.25, -0.2) is 13.1 Å². The van der Waals surface area contributed by atoms with Crippen molar-refractivity contribution in [2.45, 2.75) is 43.5 Å². The van der Waals surface area contributed by atoms with Crippen molar-refractivity contribution in [3.8, 4) is 0 Å². The van der Waals surface area contributed by atoms with Crippen LogP contribution in [0.1, 0.15) is 37.0 Å². The first-order valence-electron chi connectivity index (χ1n) is 10.4. The minimum atomic E-state index is -3.62. The zero-order chi connectivity index (χ0) is 21.5. The maximum absolute atomic E-state index is 12.8. The molecule has 2 heterocycles. The molecule has 1 N–H and O–H groups in total. The summed E-state index contributed by atoms with van der Waals surface area (Å²) in [6.07, 6.45) is 1.79. The summed E-state index contributed by atoms with van der Waals surface area (Å²) in [6, 6.07) is 13.4. The number of carbonyl (C=O) groups excluding carboxylic acids is 1. The van der Waals surface area contributed by atoms with Crippen LogP contribution in [0.5, 0.6) is 0 Å².